The molecule has 1 aromatic carbocycles. The van der Waals surface area contributed by atoms with Gasteiger partial charge in [-0.3, -0.25) is 4.79 Å². The fourth-order valence-electron chi connectivity index (χ4n) is 1.37. The minimum atomic E-state index is -0.300. The number of hydrogen-bond donors (Lipinski definition) is 2. The van der Waals surface area contributed by atoms with E-state index in [0.717, 1.165) is 5.46 Å². The molecule has 2 aromatic rings. The number of carbonyl (C=O) groups is 1. The first-order valence-electron chi connectivity index (χ1n) is 5.40. The molecule has 1 heterocycles. The zero-order chi connectivity index (χ0) is 13.0. The lowest BCUT2D eigenvalue weighted by Crippen LogP contribution is -2.23. The molecule has 0 spiro atoms. The summed E-state index contributed by atoms with van der Waals surface area (Å²) in [5, 5.41) is 4.47. The van der Waals surface area contributed by atoms with E-state index in [1.54, 1.807) is 30.3 Å². The molecule has 1 aromatic heterocycles. The minimum absolute atomic E-state index is 0.300. The maximum absolute atomic E-state index is 11.8. The van der Waals surface area contributed by atoms with E-state index in [2.05, 4.69) is 15.5 Å². The number of carbonyl (C=O) groups excluding carboxylic acids is 1. The second-order valence-corrected chi connectivity index (χ2v) is 4.25. The van der Waals surface area contributed by atoms with Gasteiger partial charge in [0.15, 0.2) is 0 Å². The minimum Gasteiger partial charge on any atom is -0.346 e. The highest BCUT2D eigenvalue weighted by Crippen LogP contribution is 2.10. The van der Waals surface area contributed by atoms with Crippen molar-refractivity contribution in [3.63, 3.8) is 0 Å². The largest absolute Gasteiger partial charge is 0.346 e. The SMILES string of the molecule is Bc1cc/c(=N/NC(=O)c2cccc(Cl)c2)[nH]c1. The highest BCUT2D eigenvalue weighted by Gasteiger charge is 2.03. The molecule has 4 nitrogen and oxygen atoms in total. The van der Waals surface area contributed by atoms with Crippen molar-refractivity contribution in [3.8, 4) is 0 Å². The number of nitrogens with one attached hydrogen (secondary N) is 2. The second kappa shape index (κ2) is 5.55. The molecule has 0 unspecified atom stereocenters. The van der Waals surface area contributed by atoms with Gasteiger partial charge in [-0.1, -0.05) is 29.2 Å². The zero-order valence-corrected chi connectivity index (χ0v) is 10.5. The van der Waals surface area contributed by atoms with Crippen molar-refractivity contribution < 1.29 is 4.79 Å². The van der Waals surface area contributed by atoms with Gasteiger partial charge in [0.2, 0.25) is 0 Å². The number of aromatic amines is 1. The highest BCUT2D eigenvalue weighted by molar-refractivity contribution is 6.32. The van der Waals surface area contributed by atoms with E-state index in [0.29, 0.717) is 16.1 Å². The Bertz CT molecular complexity index is 619. The Morgan fingerprint density at radius 1 is 1.33 bits per heavy atom. The Labute approximate surface area is 110 Å². The summed E-state index contributed by atoms with van der Waals surface area (Å²) < 4.78 is 0. The van der Waals surface area contributed by atoms with Gasteiger partial charge in [0, 0.05) is 10.6 Å². The first kappa shape index (κ1) is 12.5. The van der Waals surface area contributed by atoms with Gasteiger partial charge in [0.05, 0.1) is 0 Å². The maximum atomic E-state index is 11.8. The van der Waals surface area contributed by atoms with Crippen molar-refractivity contribution in [2.45, 2.75) is 0 Å². The summed E-state index contributed by atoms with van der Waals surface area (Å²) in [6, 6.07) is 10.4. The molecule has 0 saturated carbocycles. The fourth-order valence-corrected chi connectivity index (χ4v) is 1.56. The molecule has 0 fully saturated rings. The quantitative estimate of drug-likeness (QED) is 0.586. The third kappa shape index (κ3) is 3.24. The van der Waals surface area contributed by atoms with Gasteiger partial charge in [-0.25, -0.2) is 5.43 Å². The van der Waals surface area contributed by atoms with Crippen molar-refractivity contribution in [2.75, 3.05) is 0 Å². The molecule has 90 valence electrons. The van der Waals surface area contributed by atoms with Crippen LogP contribution in [0.2, 0.25) is 5.02 Å². The van der Waals surface area contributed by atoms with Gasteiger partial charge in [-0.2, -0.15) is 5.10 Å². The summed E-state index contributed by atoms with van der Waals surface area (Å²) in [6.07, 6.45) is 1.81. The Morgan fingerprint density at radius 2 is 2.17 bits per heavy atom. The molecule has 1 amide bonds. The number of H-pyrrole nitrogens is 1. The van der Waals surface area contributed by atoms with Crippen molar-refractivity contribution in [3.05, 3.63) is 58.7 Å². The normalized spacial score (nSPS) is 11.3. The predicted molar refractivity (Wildman–Crippen MR) is 73.5 cm³/mol. The van der Waals surface area contributed by atoms with Crippen LogP contribution >= 0.6 is 11.6 Å². The van der Waals surface area contributed by atoms with Crippen LogP contribution in [0.3, 0.4) is 0 Å². The molecule has 0 radical (unpaired) electrons. The Kier molecular flexibility index (Phi) is 3.84. The van der Waals surface area contributed by atoms with Crippen LogP contribution in [0.15, 0.2) is 47.7 Å². The van der Waals surface area contributed by atoms with Crippen LogP contribution in [-0.4, -0.2) is 18.7 Å². The molecule has 0 aliphatic carbocycles. The molecule has 0 aliphatic rings. The molecular formula is C12H11BClN3O. The van der Waals surface area contributed by atoms with Gasteiger partial charge in [-0.05, 0) is 30.5 Å². The zero-order valence-electron chi connectivity index (χ0n) is 9.77. The molecule has 0 bridgehead atoms. The average Bonchev–Trinajstić information content (AvgIpc) is 2.38. The van der Waals surface area contributed by atoms with Crippen molar-refractivity contribution in [1.82, 2.24) is 10.4 Å². The lowest BCUT2D eigenvalue weighted by Gasteiger charge is -2.00. The van der Waals surface area contributed by atoms with Crippen LogP contribution in [0.1, 0.15) is 10.4 Å². The van der Waals surface area contributed by atoms with Crippen LogP contribution in [-0.2, 0) is 0 Å². The summed E-state index contributed by atoms with van der Waals surface area (Å²) >= 11 is 5.81. The van der Waals surface area contributed by atoms with E-state index >= 15 is 0 Å². The number of aromatic nitrogens is 1. The van der Waals surface area contributed by atoms with Crippen LogP contribution in [0.4, 0.5) is 0 Å². The first-order valence-corrected chi connectivity index (χ1v) is 5.78. The Balaban J connectivity index is 2.13. The summed E-state index contributed by atoms with van der Waals surface area (Å²) in [5.74, 6) is -0.300. The fraction of sp³-hybridized carbons (Fsp3) is 0. The standard InChI is InChI=1S/C12H11BClN3O/c13-9-4-5-11(15-7-9)16-17-12(18)8-2-1-3-10(14)6-8/h1-7H,13H2,(H,15,16)(H,17,18). The van der Waals surface area contributed by atoms with Crippen molar-refractivity contribution in [1.29, 1.82) is 0 Å². The molecule has 18 heavy (non-hydrogen) atoms. The van der Waals surface area contributed by atoms with Gasteiger partial charge in [0.25, 0.3) is 5.91 Å². The predicted octanol–water partition coefficient (Wildman–Crippen LogP) is 0.172. The number of nitrogens with zero attached hydrogens (tertiary/aromatic N) is 1. The van der Waals surface area contributed by atoms with Crippen LogP contribution in [0, 0.1) is 0 Å². The lowest BCUT2D eigenvalue weighted by molar-refractivity contribution is 0.0953. The number of hydrogen-bond acceptors (Lipinski definition) is 2. The van der Waals surface area contributed by atoms with E-state index in [1.807, 2.05) is 20.1 Å². The number of benzene rings is 1. The van der Waals surface area contributed by atoms with E-state index < -0.39 is 0 Å². The average molecular weight is 260 g/mol. The van der Waals surface area contributed by atoms with Crippen molar-refractivity contribution >= 4 is 30.8 Å². The molecule has 0 saturated heterocycles. The van der Waals surface area contributed by atoms with E-state index in [4.69, 9.17) is 11.6 Å². The molecule has 6 heteroatoms. The van der Waals surface area contributed by atoms with Gasteiger partial charge in [0.1, 0.15) is 13.3 Å². The Hall–Kier alpha value is -2.01. The van der Waals surface area contributed by atoms with Crippen LogP contribution in [0.25, 0.3) is 0 Å². The topological polar surface area (TPSA) is 57.2 Å². The van der Waals surface area contributed by atoms with E-state index in [1.165, 1.54) is 0 Å². The smallest absolute Gasteiger partial charge is 0.271 e. The molecule has 0 aliphatic heterocycles. The summed E-state index contributed by atoms with van der Waals surface area (Å²) in [7, 11) is 1.96. The van der Waals surface area contributed by atoms with Gasteiger partial charge < -0.3 is 4.98 Å². The van der Waals surface area contributed by atoms with Gasteiger partial charge >= 0.3 is 0 Å². The van der Waals surface area contributed by atoms with Crippen molar-refractivity contribution in [2.24, 2.45) is 5.10 Å². The van der Waals surface area contributed by atoms with Crippen LogP contribution < -0.4 is 16.4 Å². The number of amides is 1. The Morgan fingerprint density at radius 3 is 2.83 bits per heavy atom. The molecule has 2 N–H and O–H groups in total. The third-order valence-electron chi connectivity index (χ3n) is 2.32. The molecule has 2 rings (SSSR count). The monoisotopic (exact) mass is 259 g/mol. The van der Waals surface area contributed by atoms with E-state index in [9.17, 15) is 4.79 Å². The number of halogens is 1. The molecular weight excluding hydrogens is 248 g/mol. The molecule has 0 atom stereocenters. The maximum Gasteiger partial charge on any atom is 0.271 e. The summed E-state index contributed by atoms with van der Waals surface area (Å²) in [6.45, 7) is 0. The van der Waals surface area contributed by atoms with Gasteiger partial charge in [-0.15, -0.1) is 0 Å². The first-order chi connectivity index (χ1) is 8.65. The summed E-state index contributed by atoms with van der Waals surface area (Å²) in [5.41, 5.74) is 4.60. The van der Waals surface area contributed by atoms with E-state index in [-0.39, 0.29) is 5.91 Å². The third-order valence-corrected chi connectivity index (χ3v) is 2.55. The lowest BCUT2D eigenvalue weighted by atomic mass is 9.99. The number of rotatable bonds is 2. The number of pyridine rings is 1. The summed E-state index contributed by atoms with van der Waals surface area (Å²) in [4.78, 5) is 14.7. The second-order valence-electron chi connectivity index (χ2n) is 3.81. The van der Waals surface area contributed by atoms with Crippen LogP contribution in [0.5, 0.6) is 0 Å². The highest BCUT2D eigenvalue weighted by atomic mass is 35.5.